The highest BCUT2D eigenvalue weighted by atomic mass is 19.1. The summed E-state index contributed by atoms with van der Waals surface area (Å²) in [4.78, 5) is 23.3. The Kier molecular flexibility index (Phi) is 6.37. The number of methoxy groups -OCH3 is 3. The van der Waals surface area contributed by atoms with Gasteiger partial charge < -0.3 is 25.3 Å². The van der Waals surface area contributed by atoms with E-state index in [0.29, 0.717) is 22.8 Å². The van der Waals surface area contributed by atoms with E-state index in [0.717, 1.165) is 6.07 Å². The number of ether oxygens (including phenoxy) is 3. The first kappa shape index (κ1) is 19.8. The fraction of sp³-hybridized carbons (Fsp3) is 0.158. The van der Waals surface area contributed by atoms with Crippen molar-refractivity contribution in [3.05, 3.63) is 53.4 Å². The van der Waals surface area contributed by atoms with Gasteiger partial charge in [0, 0.05) is 11.8 Å². The van der Waals surface area contributed by atoms with E-state index in [-0.39, 0.29) is 11.3 Å². The van der Waals surface area contributed by atoms with Crippen LogP contribution in [0.3, 0.4) is 0 Å². The Morgan fingerprint density at radius 2 is 1.67 bits per heavy atom. The van der Waals surface area contributed by atoms with Crippen LogP contribution in [0.25, 0.3) is 6.08 Å². The first-order chi connectivity index (χ1) is 12.9. The molecule has 0 spiro atoms. The molecule has 0 aliphatic carbocycles. The third-order valence-electron chi connectivity index (χ3n) is 3.61. The van der Waals surface area contributed by atoms with Gasteiger partial charge in [0.15, 0.2) is 11.5 Å². The molecule has 0 saturated heterocycles. The van der Waals surface area contributed by atoms with Gasteiger partial charge in [-0.15, -0.1) is 0 Å². The molecule has 0 aromatic heterocycles. The highest BCUT2D eigenvalue weighted by Crippen LogP contribution is 2.38. The second-order valence-electron chi connectivity index (χ2n) is 5.34. The summed E-state index contributed by atoms with van der Waals surface area (Å²) in [6.07, 6.45) is 2.81. The van der Waals surface area contributed by atoms with Crippen LogP contribution in [-0.2, 0) is 4.79 Å². The molecule has 7 nitrogen and oxygen atoms in total. The van der Waals surface area contributed by atoms with Crippen molar-refractivity contribution >= 4 is 23.6 Å². The number of hydrogen-bond acceptors (Lipinski definition) is 5. The van der Waals surface area contributed by atoms with Crippen LogP contribution in [0.15, 0.2) is 36.4 Å². The van der Waals surface area contributed by atoms with E-state index >= 15 is 0 Å². The largest absolute Gasteiger partial charge is 0.493 e. The van der Waals surface area contributed by atoms with E-state index in [2.05, 4.69) is 5.32 Å². The molecule has 0 atom stereocenters. The first-order valence-corrected chi connectivity index (χ1v) is 7.78. The zero-order chi connectivity index (χ0) is 20.0. The molecule has 0 bridgehead atoms. The number of carbonyl (C=O) groups is 2. The fourth-order valence-corrected chi connectivity index (χ4v) is 2.35. The van der Waals surface area contributed by atoms with Crippen LogP contribution in [-0.4, -0.2) is 33.1 Å². The lowest BCUT2D eigenvalue weighted by atomic mass is 10.1. The van der Waals surface area contributed by atoms with Crippen LogP contribution in [0.2, 0.25) is 0 Å². The van der Waals surface area contributed by atoms with E-state index in [1.807, 2.05) is 0 Å². The molecule has 0 unspecified atom stereocenters. The number of anilines is 1. The molecular formula is C19H19FN2O5. The van der Waals surface area contributed by atoms with Crippen LogP contribution >= 0.6 is 0 Å². The number of amides is 2. The Morgan fingerprint density at radius 3 is 2.19 bits per heavy atom. The van der Waals surface area contributed by atoms with Crippen LogP contribution in [0.5, 0.6) is 17.2 Å². The van der Waals surface area contributed by atoms with E-state index < -0.39 is 17.6 Å². The van der Waals surface area contributed by atoms with Crippen molar-refractivity contribution < 1.29 is 28.2 Å². The molecule has 142 valence electrons. The Hall–Kier alpha value is -3.55. The minimum Gasteiger partial charge on any atom is -0.493 e. The van der Waals surface area contributed by atoms with Crippen molar-refractivity contribution in [2.45, 2.75) is 0 Å². The fourth-order valence-electron chi connectivity index (χ4n) is 2.35. The molecule has 2 rings (SSSR count). The summed E-state index contributed by atoms with van der Waals surface area (Å²) < 4.78 is 29.2. The van der Waals surface area contributed by atoms with Gasteiger partial charge in [0.1, 0.15) is 5.82 Å². The van der Waals surface area contributed by atoms with Crippen LogP contribution in [0.4, 0.5) is 10.1 Å². The first-order valence-electron chi connectivity index (χ1n) is 7.78. The predicted octanol–water partition coefficient (Wildman–Crippen LogP) is 2.60. The van der Waals surface area contributed by atoms with Gasteiger partial charge in [0.25, 0.3) is 5.91 Å². The van der Waals surface area contributed by atoms with Crippen LogP contribution in [0, 0.1) is 5.82 Å². The van der Waals surface area contributed by atoms with E-state index in [1.54, 1.807) is 18.2 Å². The molecule has 2 aromatic rings. The van der Waals surface area contributed by atoms with Crippen molar-refractivity contribution in [3.63, 3.8) is 0 Å². The number of halogens is 1. The Balaban J connectivity index is 2.20. The topological polar surface area (TPSA) is 99.9 Å². The number of nitrogens with one attached hydrogen (secondary N) is 1. The second kappa shape index (κ2) is 8.70. The second-order valence-corrected chi connectivity index (χ2v) is 5.34. The zero-order valence-corrected chi connectivity index (χ0v) is 15.0. The maximum atomic E-state index is 13.5. The third-order valence-corrected chi connectivity index (χ3v) is 3.61. The summed E-state index contributed by atoms with van der Waals surface area (Å²) in [7, 11) is 4.47. The number of primary amides is 1. The molecule has 0 saturated carbocycles. The molecule has 2 amide bonds. The number of hydrogen-bond donors (Lipinski definition) is 2. The van der Waals surface area contributed by atoms with E-state index in [9.17, 15) is 14.0 Å². The molecule has 0 fully saturated rings. The van der Waals surface area contributed by atoms with Gasteiger partial charge in [-0.05, 0) is 42.0 Å². The quantitative estimate of drug-likeness (QED) is 0.726. The van der Waals surface area contributed by atoms with Crippen LogP contribution < -0.4 is 25.3 Å². The van der Waals surface area contributed by atoms with E-state index in [1.165, 1.54) is 39.5 Å². The Labute approximate surface area is 155 Å². The summed E-state index contributed by atoms with van der Waals surface area (Å²) in [6, 6.07) is 6.90. The van der Waals surface area contributed by atoms with E-state index in [4.69, 9.17) is 19.9 Å². The molecule has 0 aliphatic rings. The Morgan fingerprint density at radius 1 is 1.04 bits per heavy atom. The summed E-state index contributed by atoms with van der Waals surface area (Å²) in [6.45, 7) is 0. The van der Waals surface area contributed by atoms with Crippen molar-refractivity contribution in [3.8, 4) is 17.2 Å². The maximum absolute atomic E-state index is 13.5. The lowest BCUT2D eigenvalue weighted by Gasteiger charge is -2.12. The molecule has 0 radical (unpaired) electrons. The average molecular weight is 374 g/mol. The van der Waals surface area contributed by atoms with Crippen LogP contribution in [0.1, 0.15) is 15.9 Å². The molecule has 8 heteroatoms. The summed E-state index contributed by atoms with van der Waals surface area (Å²) in [5.41, 5.74) is 5.66. The van der Waals surface area contributed by atoms with Gasteiger partial charge >= 0.3 is 0 Å². The Bertz CT molecular complexity index is 871. The van der Waals surface area contributed by atoms with Gasteiger partial charge in [-0.3, -0.25) is 9.59 Å². The molecular weight excluding hydrogens is 355 g/mol. The van der Waals surface area contributed by atoms with Crippen molar-refractivity contribution in [2.24, 2.45) is 5.73 Å². The smallest absolute Gasteiger partial charge is 0.251 e. The predicted molar refractivity (Wildman–Crippen MR) is 98.7 cm³/mol. The highest BCUT2D eigenvalue weighted by molar-refractivity contribution is 6.03. The third kappa shape index (κ3) is 4.75. The van der Waals surface area contributed by atoms with Gasteiger partial charge in [-0.1, -0.05) is 0 Å². The number of carbonyl (C=O) groups excluding carboxylic acids is 2. The zero-order valence-electron chi connectivity index (χ0n) is 15.0. The number of rotatable bonds is 7. The standard InChI is InChI=1S/C19H19FN2O5/c1-25-15-8-11(9-16(26-2)18(15)27-3)4-7-17(23)22-12-5-6-14(20)13(10-12)19(21)24/h4-10H,1-3H3,(H2,21,24)(H,22,23)/b7-4+. The lowest BCUT2D eigenvalue weighted by Crippen LogP contribution is -2.14. The molecule has 0 aliphatic heterocycles. The maximum Gasteiger partial charge on any atom is 0.251 e. The molecule has 3 N–H and O–H groups in total. The van der Waals surface area contributed by atoms with Crippen molar-refractivity contribution in [2.75, 3.05) is 26.6 Å². The van der Waals surface area contributed by atoms with Gasteiger partial charge in [0.05, 0.1) is 26.9 Å². The molecule has 27 heavy (non-hydrogen) atoms. The normalized spacial score (nSPS) is 10.5. The number of benzene rings is 2. The lowest BCUT2D eigenvalue weighted by molar-refractivity contribution is -0.111. The minimum absolute atomic E-state index is 0.241. The minimum atomic E-state index is -0.920. The SMILES string of the molecule is COc1cc(/C=C/C(=O)Nc2ccc(F)c(C(N)=O)c2)cc(OC)c1OC. The molecule has 2 aromatic carbocycles. The van der Waals surface area contributed by atoms with Gasteiger partial charge in [-0.25, -0.2) is 4.39 Å². The summed E-state index contributed by atoms with van der Waals surface area (Å²) in [5, 5.41) is 2.53. The summed E-state index contributed by atoms with van der Waals surface area (Å²) >= 11 is 0. The summed E-state index contributed by atoms with van der Waals surface area (Å²) in [5.74, 6) is -0.828. The molecule has 0 heterocycles. The average Bonchev–Trinajstić information content (AvgIpc) is 2.66. The monoisotopic (exact) mass is 374 g/mol. The number of nitrogens with two attached hydrogens (primary N) is 1. The highest BCUT2D eigenvalue weighted by Gasteiger charge is 2.13. The van der Waals surface area contributed by atoms with Crippen molar-refractivity contribution in [1.82, 2.24) is 0 Å². The van der Waals surface area contributed by atoms with Crippen molar-refractivity contribution in [1.29, 1.82) is 0 Å². The van der Waals surface area contributed by atoms with Gasteiger partial charge in [0.2, 0.25) is 11.7 Å². The van der Waals surface area contributed by atoms with Gasteiger partial charge in [-0.2, -0.15) is 0 Å².